The summed E-state index contributed by atoms with van der Waals surface area (Å²) in [5.74, 6) is 1.02. The molecule has 0 radical (unpaired) electrons. The Hall–Kier alpha value is -1.39. The molecule has 0 saturated carbocycles. The Morgan fingerprint density at radius 1 is 1.88 bits per heavy atom. The summed E-state index contributed by atoms with van der Waals surface area (Å²) in [6, 6.07) is 0. The maximum atomic E-state index is 8.36. The molecule has 0 spiro atoms. The Balaban J connectivity index is 0.0000000960. The number of fused-ring (bicyclic) bond motifs is 1. The third-order valence-corrected chi connectivity index (χ3v) is 0.645. The first-order valence-electron chi connectivity index (χ1n) is 1.89. The summed E-state index contributed by atoms with van der Waals surface area (Å²) in [4.78, 5) is 9.94. The van der Waals surface area contributed by atoms with Gasteiger partial charge < -0.3 is 5.11 Å². The van der Waals surface area contributed by atoms with Crippen molar-refractivity contribution in [2.75, 3.05) is 0 Å². The van der Waals surface area contributed by atoms with Crippen molar-refractivity contribution in [3.63, 3.8) is 0 Å². The molecule has 0 bridgehead atoms. The van der Waals surface area contributed by atoms with Crippen molar-refractivity contribution in [2.45, 2.75) is 0 Å². The Morgan fingerprint density at radius 2 is 2.38 bits per heavy atom. The van der Waals surface area contributed by atoms with Crippen molar-refractivity contribution in [1.29, 1.82) is 0 Å². The third-order valence-electron chi connectivity index (χ3n) is 0.645. The highest BCUT2D eigenvalue weighted by molar-refractivity contribution is 5.32. The van der Waals surface area contributed by atoms with Crippen molar-refractivity contribution in [1.82, 2.24) is 15.0 Å². The molecule has 5 heteroatoms. The van der Waals surface area contributed by atoms with Crippen LogP contribution in [0.25, 0.3) is 5.82 Å². The average Bonchev–Trinajstić information content (AvgIpc) is 2.16. The number of nitrogens with zero attached hydrogens (tertiary/aromatic N) is 3. The van der Waals surface area contributed by atoms with Gasteiger partial charge in [0.2, 0.25) is 5.82 Å². The minimum atomic E-state index is -0.250. The topological polar surface area (TPSA) is 68.0 Å². The summed E-state index contributed by atoms with van der Waals surface area (Å²) in [6.07, 6.45) is 1.72. The standard InChI is InChI=1S/C2HN3.CH2O2/c1-2-4-5(2)3-1;2-1-3/h1H;1H,(H,2,3). The Bertz CT molecular complexity index is 170. The van der Waals surface area contributed by atoms with Crippen LogP contribution in [0.2, 0.25) is 0 Å². The number of rotatable bonds is 0. The normalized spacial score (nSPS) is 9.00. The Morgan fingerprint density at radius 3 is 2.38 bits per heavy atom. The van der Waals surface area contributed by atoms with Gasteiger partial charge in [-0.15, -0.1) is 9.90 Å². The van der Waals surface area contributed by atoms with Crippen LogP contribution in [0.15, 0.2) is 6.20 Å². The molecular formula is C3H3N3O2. The van der Waals surface area contributed by atoms with Gasteiger partial charge >= 0.3 is 0 Å². The number of carboxylic acid groups (broad SMARTS) is 1. The molecule has 1 N–H and O–H groups in total. The van der Waals surface area contributed by atoms with Crippen LogP contribution in [-0.2, 0) is 4.79 Å². The molecule has 0 atom stereocenters. The maximum absolute atomic E-state index is 8.36. The van der Waals surface area contributed by atoms with E-state index >= 15 is 0 Å². The molecule has 2 heterocycles. The summed E-state index contributed by atoms with van der Waals surface area (Å²) in [6.45, 7) is -0.250. The number of aromatic nitrogens is 3. The van der Waals surface area contributed by atoms with E-state index in [1.54, 1.807) is 11.0 Å². The monoisotopic (exact) mass is 113 g/mol. The summed E-state index contributed by atoms with van der Waals surface area (Å²) >= 11 is 0. The predicted molar refractivity (Wildman–Crippen MR) is 23.6 cm³/mol. The van der Waals surface area contributed by atoms with E-state index in [0.717, 1.165) is 5.82 Å². The van der Waals surface area contributed by atoms with Crippen molar-refractivity contribution in [3.05, 3.63) is 6.20 Å². The van der Waals surface area contributed by atoms with Gasteiger partial charge in [-0.05, 0) is 0 Å². The van der Waals surface area contributed by atoms with Crippen LogP contribution in [0.1, 0.15) is 0 Å². The van der Waals surface area contributed by atoms with Crippen molar-refractivity contribution >= 4 is 6.47 Å². The second-order valence-corrected chi connectivity index (χ2v) is 1.10. The lowest BCUT2D eigenvalue weighted by atomic mass is 10.8. The molecule has 0 aliphatic carbocycles. The van der Waals surface area contributed by atoms with Gasteiger partial charge in [0, 0.05) is 0 Å². The molecule has 0 aromatic heterocycles. The molecular weight excluding hydrogens is 110 g/mol. The van der Waals surface area contributed by atoms with Crippen LogP contribution in [0.5, 0.6) is 0 Å². The minimum Gasteiger partial charge on any atom is -0.483 e. The molecule has 0 unspecified atom stereocenters. The van der Waals surface area contributed by atoms with E-state index in [2.05, 4.69) is 10.2 Å². The zero-order chi connectivity index (χ0) is 5.98. The highest BCUT2D eigenvalue weighted by atomic mass is 16.3. The zero-order valence-electron chi connectivity index (χ0n) is 3.85. The molecule has 0 aromatic rings. The summed E-state index contributed by atoms with van der Waals surface area (Å²) in [5, 5.41) is 14.2. The van der Waals surface area contributed by atoms with Crippen LogP contribution in [0.3, 0.4) is 0 Å². The minimum absolute atomic E-state index is 0.250. The van der Waals surface area contributed by atoms with Crippen LogP contribution in [0, 0.1) is 0 Å². The molecule has 0 saturated heterocycles. The van der Waals surface area contributed by atoms with Gasteiger partial charge in [-0.1, -0.05) is 0 Å². The van der Waals surface area contributed by atoms with Gasteiger partial charge in [0.25, 0.3) is 6.47 Å². The van der Waals surface area contributed by atoms with E-state index in [1.807, 2.05) is 0 Å². The van der Waals surface area contributed by atoms with E-state index in [-0.39, 0.29) is 6.47 Å². The van der Waals surface area contributed by atoms with E-state index in [4.69, 9.17) is 9.90 Å². The average molecular weight is 113 g/mol. The molecule has 0 amide bonds. The van der Waals surface area contributed by atoms with Crippen LogP contribution >= 0.6 is 0 Å². The second kappa shape index (κ2) is 1.61. The lowest BCUT2D eigenvalue weighted by Gasteiger charge is -1.73. The zero-order valence-corrected chi connectivity index (χ0v) is 3.85. The van der Waals surface area contributed by atoms with E-state index in [0.29, 0.717) is 0 Å². The number of hydrogen-bond acceptors (Lipinski definition) is 3. The molecule has 42 valence electrons. The quantitative estimate of drug-likeness (QED) is 0.458. The van der Waals surface area contributed by atoms with E-state index in [9.17, 15) is 0 Å². The Labute approximate surface area is 44.5 Å². The first kappa shape index (κ1) is 4.76. The van der Waals surface area contributed by atoms with Crippen LogP contribution < -0.4 is 0 Å². The SMILES string of the molecule is O=CO.c1nn2nc1-2. The summed E-state index contributed by atoms with van der Waals surface area (Å²) < 4.78 is 0. The lowest BCUT2D eigenvalue weighted by molar-refractivity contribution is -0.122. The molecule has 0 aromatic carbocycles. The van der Waals surface area contributed by atoms with Gasteiger partial charge in [0.05, 0.1) is 6.20 Å². The van der Waals surface area contributed by atoms with Crippen LogP contribution in [-0.4, -0.2) is 26.6 Å². The Kier molecular flexibility index (Phi) is 0.957. The molecule has 8 heavy (non-hydrogen) atoms. The summed E-state index contributed by atoms with van der Waals surface area (Å²) in [7, 11) is 0. The van der Waals surface area contributed by atoms with Gasteiger partial charge in [-0.2, -0.15) is 5.10 Å². The van der Waals surface area contributed by atoms with Crippen molar-refractivity contribution in [3.8, 4) is 5.82 Å². The number of carbonyl (C=O) groups is 1. The van der Waals surface area contributed by atoms with Gasteiger partial charge in [0.1, 0.15) is 0 Å². The molecule has 2 rings (SSSR count). The fourth-order valence-electron chi connectivity index (χ4n) is 0.287. The highest BCUT2D eigenvalue weighted by Gasteiger charge is 2.14. The third kappa shape index (κ3) is 0.651. The molecule has 0 fully saturated rings. The molecule has 2 aliphatic rings. The molecule has 5 nitrogen and oxygen atoms in total. The summed E-state index contributed by atoms with van der Waals surface area (Å²) in [5.41, 5.74) is 0. The van der Waals surface area contributed by atoms with Crippen molar-refractivity contribution < 1.29 is 9.90 Å². The smallest absolute Gasteiger partial charge is 0.290 e. The lowest BCUT2D eigenvalue weighted by Crippen LogP contribution is -1.84. The van der Waals surface area contributed by atoms with Gasteiger partial charge in [-0.25, -0.2) is 0 Å². The van der Waals surface area contributed by atoms with Crippen molar-refractivity contribution in [2.24, 2.45) is 0 Å². The van der Waals surface area contributed by atoms with Crippen LogP contribution in [0.4, 0.5) is 0 Å². The largest absolute Gasteiger partial charge is 0.483 e. The first-order chi connectivity index (χ1) is 3.88. The van der Waals surface area contributed by atoms with Gasteiger partial charge in [0.15, 0.2) is 0 Å². The van der Waals surface area contributed by atoms with E-state index in [1.165, 1.54) is 0 Å². The first-order valence-corrected chi connectivity index (χ1v) is 1.89. The maximum Gasteiger partial charge on any atom is 0.290 e. The fraction of sp³-hybridized carbons (Fsp3) is 0. The predicted octanol–water partition coefficient (Wildman–Crippen LogP) is -0.719. The van der Waals surface area contributed by atoms with E-state index < -0.39 is 0 Å². The second-order valence-electron chi connectivity index (χ2n) is 1.10. The number of hydrogen-bond donors (Lipinski definition) is 1. The van der Waals surface area contributed by atoms with Gasteiger partial charge in [-0.3, -0.25) is 4.79 Å². The fourth-order valence-corrected chi connectivity index (χ4v) is 0.287. The molecule has 2 aliphatic heterocycles. The highest BCUT2D eigenvalue weighted by Crippen LogP contribution is 2.08.